The Kier molecular flexibility index (Phi) is 3.88. The molecule has 2 saturated heterocycles. The standard InChI is InChI=1S/C13H19N3O4/c1-9-8-11(15-20-9)14-13(17)16-4-2-10(3-5-16)12-18-6-7-19-12/h8,10,12H,2-7H2,1H3,(H,14,15,17). The summed E-state index contributed by atoms with van der Waals surface area (Å²) in [5.74, 6) is 1.52. The fraction of sp³-hybridized carbons (Fsp3) is 0.692. The van der Waals surface area contributed by atoms with Gasteiger partial charge in [0.15, 0.2) is 12.1 Å². The number of hydrogen-bond donors (Lipinski definition) is 1. The molecular weight excluding hydrogens is 262 g/mol. The predicted molar refractivity (Wildman–Crippen MR) is 70.2 cm³/mol. The third kappa shape index (κ3) is 2.94. The number of carbonyl (C=O) groups excluding carboxylic acids is 1. The van der Waals surface area contributed by atoms with Crippen LogP contribution in [-0.4, -0.2) is 48.7 Å². The van der Waals surface area contributed by atoms with Gasteiger partial charge in [-0.3, -0.25) is 5.32 Å². The fourth-order valence-corrected chi connectivity index (χ4v) is 2.64. The number of amides is 2. The number of carbonyl (C=O) groups is 1. The van der Waals surface area contributed by atoms with Gasteiger partial charge in [0.2, 0.25) is 0 Å². The van der Waals surface area contributed by atoms with Crippen molar-refractivity contribution in [2.24, 2.45) is 5.92 Å². The smallest absolute Gasteiger partial charge is 0.323 e. The first-order chi connectivity index (χ1) is 9.72. The van der Waals surface area contributed by atoms with Gasteiger partial charge in [0.1, 0.15) is 5.76 Å². The van der Waals surface area contributed by atoms with Crippen LogP contribution in [0.1, 0.15) is 18.6 Å². The summed E-state index contributed by atoms with van der Waals surface area (Å²) in [5.41, 5.74) is 0. The van der Waals surface area contributed by atoms with E-state index in [1.165, 1.54) is 0 Å². The summed E-state index contributed by atoms with van der Waals surface area (Å²) < 4.78 is 16.0. The van der Waals surface area contributed by atoms with E-state index in [0.717, 1.165) is 12.8 Å². The second-order valence-corrected chi connectivity index (χ2v) is 5.19. The zero-order valence-electron chi connectivity index (χ0n) is 11.5. The van der Waals surface area contributed by atoms with Crippen LogP contribution in [-0.2, 0) is 9.47 Å². The van der Waals surface area contributed by atoms with E-state index in [1.54, 1.807) is 17.9 Å². The molecule has 3 rings (SSSR count). The van der Waals surface area contributed by atoms with Gasteiger partial charge in [0, 0.05) is 25.1 Å². The molecule has 1 aromatic heterocycles. The molecule has 2 fully saturated rings. The van der Waals surface area contributed by atoms with E-state index in [1.807, 2.05) is 0 Å². The number of urea groups is 1. The van der Waals surface area contributed by atoms with E-state index in [9.17, 15) is 4.79 Å². The van der Waals surface area contributed by atoms with Gasteiger partial charge in [0.05, 0.1) is 13.2 Å². The van der Waals surface area contributed by atoms with Gasteiger partial charge >= 0.3 is 6.03 Å². The number of nitrogens with one attached hydrogen (secondary N) is 1. The molecule has 20 heavy (non-hydrogen) atoms. The minimum absolute atomic E-state index is 0.0848. The molecule has 0 saturated carbocycles. The third-order valence-corrected chi connectivity index (χ3v) is 3.72. The molecule has 0 radical (unpaired) electrons. The van der Waals surface area contributed by atoms with Crippen molar-refractivity contribution in [2.45, 2.75) is 26.1 Å². The second-order valence-electron chi connectivity index (χ2n) is 5.19. The van der Waals surface area contributed by atoms with Crippen LogP contribution in [0.4, 0.5) is 10.6 Å². The van der Waals surface area contributed by atoms with Crippen LogP contribution in [0.15, 0.2) is 10.6 Å². The SMILES string of the molecule is Cc1cc(NC(=O)N2CCC(C3OCCO3)CC2)no1. The maximum absolute atomic E-state index is 12.1. The van der Waals surface area contributed by atoms with Crippen molar-refractivity contribution >= 4 is 11.8 Å². The summed E-state index contributed by atoms with van der Waals surface area (Å²) in [7, 11) is 0. The number of hydrogen-bond acceptors (Lipinski definition) is 5. The number of piperidine rings is 1. The third-order valence-electron chi connectivity index (χ3n) is 3.72. The van der Waals surface area contributed by atoms with E-state index >= 15 is 0 Å². The largest absolute Gasteiger partial charge is 0.360 e. The van der Waals surface area contributed by atoms with Crippen molar-refractivity contribution in [1.29, 1.82) is 0 Å². The highest BCUT2D eigenvalue weighted by Crippen LogP contribution is 2.26. The molecule has 2 aliphatic heterocycles. The van der Waals surface area contributed by atoms with Crippen molar-refractivity contribution in [3.63, 3.8) is 0 Å². The van der Waals surface area contributed by atoms with Crippen LogP contribution in [0.2, 0.25) is 0 Å². The first kappa shape index (κ1) is 13.4. The molecule has 110 valence electrons. The normalized spacial score (nSPS) is 21.4. The number of anilines is 1. The molecule has 2 aliphatic rings. The Bertz CT molecular complexity index is 462. The van der Waals surface area contributed by atoms with Crippen LogP contribution in [0.3, 0.4) is 0 Å². The van der Waals surface area contributed by atoms with Gasteiger partial charge in [0.25, 0.3) is 0 Å². The van der Waals surface area contributed by atoms with E-state index in [4.69, 9.17) is 14.0 Å². The molecule has 7 heteroatoms. The monoisotopic (exact) mass is 281 g/mol. The minimum atomic E-state index is -0.134. The zero-order valence-corrected chi connectivity index (χ0v) is 11.5. The quantitative estimate of drug-likeness (QED) is 0.891. The molecule has 0 bridgehead atoms. The van der Waals surface area contributed by atoms with E-state index in [-0.39, 0.29) is 12.3 Å². The molecule has 2 amide bonds. The Labute approximate surface area is 117 Å². The highest BCUT2D eigenvalue weighted by molar-refractivity contribution is 5.88. The van der Waals surface area contributed by atoms with Gasteiger partial charge < -0.3 is 18.9 Å². The van der Waals surface area contributed by atoms with Gasteiger partial charge in [-0.15, -0.1) is 0 Å². The van der Waals surface area contributed by atoms with Crippen LogP contribution in [0, 0.1) is 12.8 Å². The Hall–Kier alpha value is -1.60. The van der Waals surface area contributed by atoms with Crippen molar-refractivity contribution in [2.75, 3.05) is 31.6 Å². The summed E-state index contributed by atoms with van der Waals surface area (Å²) in [4.78, 5) is 13.9. The lowest BCUT2D eigenvalue weighted by atomic mass is 9.96. The van der Waals surface area contributed by atoms with Crippen molar-refractivity contribution in [3.8, 4) is 0 Å². The second kappa shape index (κ2) is 5.80. The maximum atomic E-state index is 12.1. The Morgan fingerprint density at radius 3 is 2.65 bits per heavy atom. The minimum Gasteiger partial charge on any atom is -0.360 e. The summed E-state index contributed by atoms with van der Waals surface area (Å²) >= 11 is 0. The molecule has 0 atom stereocenters. The number of aromatic nitrogens is 1. The van der Waals surface area contributed by atoms with Crippen molar-refractivity contribution < 1.29 is 18.8 Å². The number of ether oxygens (including phenoxy) is 2. The summed E-state index contributed by atoms with van der Waals surface area (Å²) in [5, 5.41) is 6.49. The lowest BCUT2D eigenvalue weighted by Crippen LogP contribution is -2.43. The molecule has 0 aromatic carbocycles. The van der Waals surface area contributed by atoms with Crippen molar-refractivity contribution in [3.05, 3.63) is 11.8 Å². The molecule has 1 N–H and O–H groups in total. The highest BCUT2D eigenvalue weighted by Gasteiger charge is 2.31. The van der Waals surface area contributed by atoms with Crippen LogP contribution in [0.25, 0.3) is 0 Å². The van der Waals surface area contributed by atoms with Crippen LogP contribution >= 0.6 is 0 Å². The molecule has 0 aliphatic carbocycles. The molecule has 1 aromatic rings. The molecular formula is C13H19N3O4. The average molecular weight is 281 g/mol. The molecule has 3 heterocycles. The first-order valence-corrected chi connectivity index (χ1v) is 6.95. The fourth-order valence-electron chi connectivity index (χ4n) is 2.64. The molecule has 0 unspecified atom stereocenters. The lowest BCUT2D eigenvalue weighted by molar-refractivity contribution is -0.0950. The summed E-state index contributed by atoms with van der Waals surface area (Å²) in [6.45, 7) is 4.55. The average Bonchev–Trinajstić information content (AvgIpc) is 3.11. The predicted octanol–water partition coefficient (Wildman–Crippen LogP) is 1.60. The number of likely N-dealkylation sites (tertiary alicyclic amines) is 1. The summed E-state index contributed by atoms with van der Waals surface area (Å²) in [6.07, 6.45) is 1.71. The van der Waals surface area contributed by atoms with Crippen LogP contribution in [0.5, 0.6) is 0 Å². The van der Waals surface area contributed by atoms with E-state index in [0.29, 0.717) is 43.8 Å². The molecule has 0 spiro atoms. The maximum Gasteiger partial charge on any atom is 0.323 e. The topological polar surface area (TPSA) is 76.8 Å². The Morgan fingerprint density at radius 1 is 1.35 bits per heavy atom. The number of aryl methyl sites for hydroxylation is 1. The van der Waals surface area contributed by atoms with Crippen molar-refractivity contribution in [1.82, 2.24) is 10.1 Å². The van der Waals surface area contributed by atoms with Gasteiger partial charge in [-0.25, -0.2) is 4.79 Å². The van der Waals surface area contributed by atoms with E-state index < -0.39 is 0 Å². The highest BCUT2D eigenvalue weighted by atomic mass is 16.7. The van der Waals surface area contributed by atoms with Gasteiger partial charge in [-0.2, -0.15) is 0 Å². The Morgan fingerprint density at radius 2 is 2.05 bits per heavy atom. The Balaban J connectivity index is 1.48. The van der Waals surface area contributed by atoms with Gasteiger partial charge in [-0.1, -0.05) is 5.16 Å². The van der Waals surface area contributed by atoms with Crippen LogP contribution < -0.4 is 5.32 Å². The van der Waals surface area contributed by atoms with E-state index in [2.05, 4.69) is 10.5 Å². The number of nitrogens with zero attached hydrogens (tertiary/aromatic N) is 2. The lowest BCUT2D eigenvalue weighted by Gasteiger charge is -2.33. The molecule has 7 nitrogen and oxygen atoms in total. The first-order valence-electron chi connectivity index (χ1n) is 6.95. The number of rotatable bonds is 2. The van der Waals surface area contributed by atoms with Gasteiger partial charge in [-0.05, 0) is 19.8 Å². The zero-order chi connectivity index (χ0) is 13.9. The summed E-state index contributed by atoms with van der Waals surface area (Å²) in [6, 6.07) is 1.57.